The van der Waals surface area contributed by atoms with Crippen LogP contribution in [0.4, 0.5) is 5.69 Å². The molecular weight excluding hydrogens is 395 g/mol. The van der Waals surface area contributed by atoms with Gasteiger partial charge in [-0.25, -0.2) is 8.42 Å². The Morgan fingerprint density at radius 3 is 2.50 bits per heavy atom. The average molecular weight is 415 g/mol. The van der Waals surface area contributed by atoms with E-state index in [1.54, 1.807) is 30.3 Å². The fourth-order valence-electron chi connectivity index (χ4n) is 2.42. The number of benzene rings is 2. The maximum atomic E-state index is 12.0. The Kier molecular flexibility index (Phi) is 7.32. The van der Waals surface area contributed by atoms with Gasteiger partial charge in [0, 0.05) is 29.6 Å². The van der Waals surface area contributed by atoms with E-state index in [2.05, 4.69) is 5.32 Å². The van der Waals surface area contributed by atoms with Crippen LogP contribution in [0, 0.1) is 0 Å². The summed E-state index contributed by atoms with van der Waals surface area (Å²) in [6.07, 6.45) is 1.72. The summed E-state index contributed by atoms with van der Waals surface area (Å²) in [5, 5.41) is 3.84. The molecule has 5 nitrogen and oxygen atoms in total. The predicted molar refractivity (Wildman–Crippen MR) is 106 cm³/mol. The Morgan fingerprint density at radius 2 is 1.85 bits per heavy atom. The second kappa shape index (κ2) is 9.26. The standard InChI is InChI=1S/C18H20Cl2N2O3S/c1-26(24,25)22(16-8-4-7-15(19)12-16)11-5-10-18(23)21-13-14-6-2-3-9-17(14)20/h2-4,6-9,12H,5,10-11,13H2,1H3,(H,21,23). The first-order chi connectivity index (χ1) is 12.3. The van der Waals surface area contributed by atoms with Gasteiger partial charge in [-0.05, 0) is 36.2 Å². The van der Waals surface area contributed by atoms with Crippen molar-refractivity contribution in [1.29, 1.82) is 0 Å². The summed E-state index contributed by atoms with van der Waals surface area (Å²) in [6.45, 7) is 0.529. The summed E-state index contributed by atoms with van der Waals surface area (Å²) >= 11 is 12.0. The highest BCUT2D eigenvalue weighted by Crippen LogP contribution is 2.22. The summed E-state index contributed by atoms with van der Waals surface area (Å²) in [5.74, 6) is -0.163. The van der Waals surface area contributed by atoms with Gasteiger partial charge >= 0.3 is 0 Å². The van der Waals surface area contributed by atoms with Gasteiger partial charge in [-0.15, -0.1) is 0 Å². The highest BCUT2D eigenvalue weighted by atomic mass is 35.5. The van der Waals surface area contributed by atoms with Gasteiger partial charge < -0.3 is 5.32 Å². The van der Waals surface area contributed by atoms with Crippen LogP contribution in [-0.2, 0) is 21.4 Å². The van der Waals surface area contributed by atoms with Crippen molar-refractivity contribution in [2.45, 2.75) is 19.4 Å². The first-order valence-electron chi connectivity index (χ1n) is 8.01. The molecule has 0 bridgehead atoms. The zero-order chi connectivity index (χ0) is 19.2. The van der Waals surface area contributed by atoms with Crippen molar-refractivity contribution in [2.24, 2.45) is 0 Å². The Hall–Kier alpha value is -1.76. The lowest BCUT2D eigenvalue weighted by Gasteiger charge is -2.22. The molecular formula is C18H20Cl2N2O3S. The van der Waals surface area contributed by atoms with Gasteiger partial charge in [-0.2, -0.15) is 0 Å². The van der Waals surface area contributed by atoms with E-state index < -0.39 is 10.0 Å². The topological polar surface area (TPSA) is 66.5 Å². The molecule has 2 rings (SSSR count). The summed E-state index contributed by atoms with van der Waals surface area (Å²) in [7, 11) is -3.47. The monoisotopic (exact) mass is 414 g/mol. The SMILES string of the molecule is CS(=O)(=O)N(CCCC(=O)NCc1ccccc1Cl)c1cccc(Cl)c1. The van der Waals surface area contributed by atoms with Crippen LogP contribution in [0.25, 0.3) is 0 Å². The van der Waals surface area contributed by atoms with Crippen molar-refractivity contribution in [2.75, 3.05) is 17.1 Å². The number of amides is 1. The van der Waals surface area contributed by atoms with Crippen LogP contribution in [0.2, 0.25) is 10.0 Å². The molecule has 0 saturated carbocycles. The number of halogens is 2. The molecule has 0 unspecified atom stereocenters. The van der Waals surface area contributed by atoms with E-state index in [0.717, 1.165) is 11.8 Å². The third kappa shape index (κ3) is 6.20. The average Bonchev–Trinajstić information content (AvgIpc) is 2.57. The fraction of sp³-hybridized carbons (Fsp3) is 0.278. The van der Waals surface area contributed by atoms with E-state index in [-0.39, 0.29) is 18.9 Å². The molecule has 2 aromatic rings. The molecule has 0 atom stereocenters. The zero-order valence-electron chi connectivity index (χ0n) is 14.3. The molecule has 0 heterocycles. The molecule has 0 aromatic heterocycles. The summed E-state index contributed by atoms with van der Waals surface area (Å²) in [4.78, 5) is 12.0. The zero-order valence-corrected chi connectivity index (χ0v) is 16.6. The van der Waals surface area contributed by atoms with Crippen molar-refractivity contribution in [1.82, 2.24) is 5.32 Å². The van der Waals surface area contributed by atoms with E-state index in [1.807, 2.05) is 18.2 Å². The van der Waals surface area contributed by atoms with Crippen LogP contribution in [0.3, 0.4) is 0 Å². The normalized spacial score (nSPS) is 11.2. The molecule has 0 aliphatic heterocycles. The lowest BCUT2D eigenvalue weighted by atomic mass is 10.2. The van der Waals surface area contributed by atoms with E-state index in [9.17, 15) is 13.2 Å². The smallest absolute Gasteiger partial charge is 0.232 e. The van der Waals surface area contributed by atoms with Crippen molar-refractivity contribution in [3.8, 4) is 0 Å². The number of rotatable bonds is 8. The van der Waals surface area contributed by atoms with E-state index in [1.165, 1.54) is 4.31 Å². The van der Waals surface area contributed by atoms with Crippen molar-refractivity contribution in [3.63, 3.8) is 0 Å². The van der Waals surface area contributed by atoms with Gasteiger partial charge in [-0.3, -0.25) is 9.10 Å². The minimum absolute atomic E-state index is 0.163. The fourth-order valence-corrected chi connectivity index (χ4v) is 3.77. The number of sulfonamides is 1. The van der Waals surface area contributed by atoms with Crippen molar-refractivity contribution in [3.05, 3.63) is 64.1 Å². The number of anilines is 1. The molecule has 0 aliphatic rings. The number of carbonyl (C=O) groups is 1. The Labute approximate surface area is 164 Å². The Bertz CT molecular complexity index is 872. The molecule has 1 N–H and O–H groups in total. The number of carbonyl (C=O) groups excluding carboxylic acids is 1. The molecule has 0 fully saturated rings. The first kappa shape index (κ1) is 20.6. The summed E-state index contributed by atoms with van der Waals surface area (Å²) in [6, 6.07) is 13.9. The van der Waals surface area contributed by atoms with Crippen LogP contribution >= 0.6 is 23.2 Å². The Morgan fingerprint density at radius 1 is 1.12 bits per heavy atom. The van der Waals surface area contributed by atoms with Crippen molar-refractivity contribution >= 4 is 44.8 Å². The highest BCUT2D eigenvalue weighted by Gasteiger charge is 2.17. The molecule has 0 radical (unpaired) electrons. The molecule has 0 aliphatic carbocycles. The second-order valence-electron chi connectivity index (χ2n) is 5.79. The third-order valence-electron chi connectivity index (χ3n) is 3.70. The third-order valence-corrected chi connectivity index (χ3v) is 5.49. The van der Waals surface area contributed by atoms with Gasteiger partial charge in [0.25, 0.3) is 0 Å². The second-order valence-corrected chi connectivity index (χ2v) is 8.54. The minimum atomic E-state index is -3.47. The number of nitrogens with zero attached hydrogens (tertiary/aromatic N) is 1. The van der Waals surface area contributed by atoms with Gasteiger partial charge in [-0.1, -0.05) is 47.5 Å². The lowest BCUT2D eigenvalue weighted by molar-refractivity contribution is -0.121. The maximum Gasteiger partial charge on any atom is 0.232 e. The molecule has 1 amide bonds. The van der Waals surface area contributed by atoms with Gasteiger partial charge in [0.1, 0.15) is 0 Å². The molecule has 8 heteroatoms. The van der Waals surface area contributed by atoms with Crippen LogP contribution in [0.1, 0.15) is 18.4 Å². The predicted octanol–water partition coefficient (Wildman–Crippen LogP) is 3.86. The van der Waals surface area contributed by atoms with Crippen LogP contribution in [0.5, 0.6) is 0 Å². The van der Waals surface area contributed by atoms with Crippen molar-refractivity contribution < 1.29 is 13.2 Å². The van der Waals surface area contributed by atoms with Gasteiger partial charge in [0.15, 0.2) is 0 Å². The summed E-state index contributed by atoms with van der Waals surface area (Å²) < 4.78 is 25.3. The van der Waals surface area contributed by atoms with Gasteiger partial charge in [0.2, 0.25) is 15.9 Å². The Balaban J connectivity index is 1.89. The largest absolute Gasteiger partial charge is 0.352 e. The maximum absolute atomic E-state index is 12.0. The molecule has 140 valence electrons. The van der Waals surface area contributed by atoms with E-state index in [4.69, 9.17) is 23.2 Å². The minimum Gasteiger partial charge on any atom is -0.352 e. The van der Waals surface area contributed by atoms with Gasteiger partial charge in [0.05, 0.1) is 11.9 Å². The quantitative estimate of drug-likeness (QED) is 0.712. The molecule has 2 aromatic carbocycles. The summed E-state index contributed by atoms with van der Waals surface area (Å²) in [5.41, 5.74) is 1.32. The van der Waals surface area contributed by atoms with Crippen LogP contribution in [0.15, 0.2) is 48.5 Å². The number of nitrogens with one attached hydrogen (secondary N) is 1. The van der Waals surface area contributed by atoms with Crippen LogP contribution in [-0.4, -0.2) is 27.1 Å². The van der Waals surface area contributed by atoms with Crippen LogP contribution < -0.4 is 9.62 Å². The molecule has 0 saturated heterocycles. The first-order valence-corrected chi connectivity index (χ1v) is 10.6. The highest BCUT2D eigenvalue weighted by molar-refractivity contribution is 7.92. The lowest BCUT2D eigenvalue weighted by Crippen LogP contribution is -2.32. The number of hydrogen-bond donors (Lipinski definition) is 1. The molecule has 26 heavy (non-hydrogen) atoms. The van der Waals surface area contributed by atoms with E-state index in [0.29, 0.717) is 28.7 Å². The van der Waals surface area contributed by atoms with E-state index >= 15 is 0 Å². The molecule has 0 spiro atoms. The number of hydrogen-bond acceptors (Lipinski definition) is 3.